The van der Waals surface area contributed by atoms with Crippen molar-refractivity contribution in [3.05, 3.63) is 58.1 Å². The number of nitrogens with one attached hydrogen (secondary N) is 3. The van der Waals surface area contributed by atoms with Gasteiger partial charge in [0, 0.05) is 52.1 Å². The summed E-state index contributed by atoms with van der Waals surface area (Å²) in [7, 11) is 1.76. The maximum Gasteiger partial charge on any atom is 0.246 e. The molecule has 3 N–H and O–H groups in total. The van der Waals surface area contributed by atoms with Crippen molar-refractivity contribution in [1.82, 2.24) is 30.4 Å². The van der Waals surface area contributed by atoms with Crippen molar-refractivity contribution in [2.45, 2.75) is 83.1 Å². The molecular formula is C31H39FN6O2S. The number of carbonyl (C=O) groups excluding carboxylic acids is 2. The van der Waals surface area contributed by atoms with Gasteiger partial charge in [-0.3, -0.25) is 9.59 Å². The van der Waals surface area contributed by atoms with E-state index >= 15 is 0 Å². The average Bonchev–Trinajstić information content (AvgIpc) is 3.76. The summed E-state index contributed by atoms with van der Waals surface area (Å²) >= 11 is 1.69. The summed E-state index contributed by atoms with van der Waals surface area (Å²) in [5.74, 6) is -0.300. The number of fused-ring (bicyclic) bond motifs is 2. The van der Waals surface area contributed by atoms with Gasteiger partial charge < -0.3 is 25.4 Å². The van der Waals surface area contributed by atoms with Gasteiger partial charge in [-0.1, -0.05) is 19.3 Å². The van der Waals surface area contributed by atoms with E-state index in [4.69, 9.17) is 0 Å². The monoisotopic (exact) mass is 578 g/mol. The zero-order valence-electron chi connectivity index (χ0n) is 24.0. The first-order valence-corrected chi connectivity index (χ1v) is 15.6. The fourth-order valence-electron chi connectivity index (χ4n) is 6.89. The van der Waals surface area contributed by atoms with Crippen molar-refractivity contribution in [2.75, 3.05) is 13.6 Å². The fourth-order valence-corrected chi connectivity index (χ4v) is 7.69. The van der Waals surface area contributed by atoms with Crippen molar-refractivity contribution in [2.24, 2.45) is 5.92 Å². The molecule has 41 heavy (non-hydrogen) atoms. The highest BCUT2D eigenvalue weighted by molar-refractivity contribution is 7.11. The number of aryl methyl sites for hydroxylation is 1. The van der Waals surface area contributed by atoms with E-state index in [-0.39, 0.29) is 41.7 Å². The molecule has 3 aliphatic rings. The molecule has 3 aromatic rings. The van der Waals surface area contributed by atoms with Gasteiger partial charge >= 0.3 is 0 Å². The Bertz CT molecular complexity index is 1460. The highest BCUT2D eigenvalue weighted by Crippen LogP contribution is 2.43. The Morgan fingerprint density at radius 3 is 2.76 bits per heavy atom. The number of nitrogens with zero attached hydrogens (tertiary/aromatic N) is 3. The summed E-state index contributed by atoms with van der Waals surface area (Å²) in [5.41, 5.74) is 2.76. The van der Waals surface area contributed by atoms with Crippen LogP contribution in [-0.2, 0) is 16.1 Å². The van der Waals surface area contributed by atoms with Crippen LogP contribution in [0.25, 0.3) is 16.5 Å². The summed E-state index contributed by atoms with van der Waals surface area (Å²) in [6.45, 7) is 5.17. The summed E-state index contributed by atoms with van der Waals surface area (Å²) in [4.78, 5) is 40.9. The molecule has 4 unspecified atom stereocenters. The third-order valence-electron chi connectivity index (χ3n) is 9.15. The molecule has 6 rings (SSSR count). The van der Waals surface area contributed by atoms with E-state index in [0.717, 1.165) is 59.2 Å². The number of carbonyl (C=O) groups is 2. The minimum atomic E-state index is -0.550. The molecule has 0 bridgehead atoms. The number of benzene rings is 1. The first kappa shape index (κ1) is 27.9. The lowest BCUT2D eigenvalue weighted by Gasteiger charge is -2.36. The Hall–Kier alpha value is -3.24. The van der Waals surface area contributed by atoms with Gasteiger partial charge in [0.25, 0.3) is 0 Å². The van der Waals surface area contributed by atoms with Crippen LogP contribution >= 0.6 is 11.3 Å². The van der Waals surface area contributed by atoms with Crippen molar-refractivity contribution >= 4 is 39.6 Å². The first-order chi connectivity index (χ1) is 19.8. The number of thiazole rings is 1. The van der Waals surface area contributed by atoms with Crippen LogP contribution in [-0.4, -0.2) is 69.3 Å². The Morgan fingerprint density at radius 1 is 1.22 bits per heavy atom. The second-order valence-electron chi connectivity index (χ2n) is 11.7. The van der Waals surface area contributed by atoms with E-state index < -0.39 is 6.04 Å². The quantitative estimate of drug-likeness (QED) is 0.364. The maximum atomic E-state index is 14.5. The zero-order valence-corrected chi connectivity index (χ0v) is 24.8. The highest BCUT2D eigenvalue weighted by atomic mass is 32.1. The summed E-state index contributed by atoms with van der Waals surface area (Å²) in [6.07, 6.45) is 12.1. The van der Waals surface area contributed by atoms with Crippen LogP contribution in [0.2, 0.25) is 0 Å². The lowest BCUT2D eigenvalue weighted by atomic mass is 9.83. The van der Waals surface area contributed by atoms with E-state index in [0.29, 0.717) is 13.1 Å². The number of amides is 2. The minimum Gasteiger partial charge on any atom is -0.365 e. The van der Waals surface area contributed by atoms with E-state index in [1.807, 2.05) is 30.3 Å². The SMILES string of the molecule is CNC(C)C(=O)NC(C(=O)N1CCC2C1C(c1c[nH]c3cc(F)ccc13)=CN2Cc1ncc(C)s1)C1CCCCC1. The van der Waals surface area contributed by atoms with E-state index in [1.54, 1.807) is 18.4 Å². The van der Waals surface area contributed by atoms with Gasteiger partial charge in [0.15, 0.2) is 0 Å². The van der Waals surface area contributed by atoms with Crippen LogP contribution in [0, 0.1) is 18.7 Å². The second kappa shape index (κ2) is 11.6. The molecule has 0 radical (unpaired) electrons. The lowest BCUT2D eigenvalue weighted by Crippen LogP contribution is -2.57. The smallest absolute Gasteiger partial charge is 0.246 e. The number of H-pyrrole nitrogens is 1. The number of halogens is 1. The molecule has 8 nitrogen and oxygen atoms in total. The van der Waals surface area contributed by atoms with Crippen LogP contribution in [0.5, 0.6) is 0 Å². The third kappa shape index (κ3) is 5.39. The highest BCUT2D eigenvalue weighted by Gasteiger charge is 2.49. The molecule has 2 aromatic heterocycles. The molecule has 4 atom stereocenters. The van der Waals surface area contributed by atoms with Gasteiger partial charge in [-0.2, -0.15) is 0 Å². The molecule has 2 aliphatic heterocycles. The summed E-state index contributed by atoms with van der Waals surface area (Å²) in [5, 5.41) is 8.13. The number of rotatable bonds is 8. The number of aromatic nitrogens is 2. The predicted molar refractivity (Wildman–Crippen MR) is 160 cm³/mol. The number of aromatic amines is 1. The van der Waals surface area contributed by atoms with E-state index in [2.05, 4.69) is 38.6 Å². The van der Waals surface area contributed by atoms with Crippen LogP contribution in [0.1, 0.15) is 60.9 Å². The zero-order chi connectivity index (χ0) is 28.7. The van der Waals surface area contributed by atoms with Gasteiger partial charge in [0.1, 0.15) is 16.9 Å². The minimum absolute atomic E-state index is 0.00443. The molecule has 0 spiro atoms. The molecule has 2 fully saturated rings. The first-order valence-electron chi connectivity index (χ1n) is 14.8. The average molecular weight is 579 g/mol. The second-order valence-corrected chi connectivity index (χ2v) is 13.1. The normalized spacial score (nSPS) is 22.6. The molecule has 1 aliphatic carbocycles. The molecule has 218 valence electrons. The summed E-state index contributed by atoms with van der Waals surface area (Å²) in [6, 6.07) is 3.80. The molecule has 10 heteroatoms. The van der Waals surface area contributed by atoms with Gasteiger partial charge in [0.05, 0.1) is 24.7 Å². The van der Waals surface area contributed by atoms with Gasteiger partial charge in [-0.15, -0.1) is 11.3 Å². The van der Waals surface area contributed by atoms with Crippen LogP contribution in [0.4, 0.5) is 4.39 Å². The molecule has 2 amide bonds. The van der Waals surface area contributed by atoms with Gasteiger partial charge in [-0.25, -0.2) is 9.37 Å². The molecular weight excluding hydrogens is 539 g/mol. The Kier molecular flexibility index (Phi) is 7.87. The van der Waals surface area contributed by atoms with Crippen LogP contribution in [0.15, 0.2) is 36.8 Å². The standard InChI is InChI=1S/C31H39FN6O2S/c1-18-14-35-27(41-18)17-37-16-24(23-15-34-25-13-21(32)9-10-22(23)25)29-26(37)11-12-38(29)31(40)28(20-7-5-4-6-8-20)36-30(39)19(2)33-3/h9-10,13-16,19-20,26,28-29,33-34H,4-8,11-12,17H2,1-3H3,(H,36,39). The maximum absolute atomic E-state index is 14.5. The van der Waals surface area contributed by atoms with Crippen LogP contribution in [0.3, 0.4) is 0 Å². The lowest BCUT2D eigenvalue weighted by molar-refractivity contribution is -0.138. The Morgan fingerprint density at radius 2 is 2.02 bits per heavy atom. The molecule has 1 saturated carbocycles. The van der Waals surface area contributed by atoms with Crippen molar-refractivity contribution in [3.63, 3.8) is 0 Å². The largest absolute Gasteiger partial charge is 0.365 e. The van der Waals surface area contributed by atoms with Gasteiger partial charge in [-0.05, 0) is 64.3 Å². The van der Waals surface area contributed by atoms with E-state index in [1.165, 1.54) is 23.4 Å². The van der Waals surface area contributed by atoms with Crippen molar-refractivity contribution in [1.29, 1.82) is 0 Å². The summed E-state index contributed by atoms with van der Waals surface area (Å²) < 4.78 is 14.0. The Balaban J connectivity index is 1.35. The number of likely N-dealkylation sites (N-methyl/N-ethyl adjacent to an activating group) is 1. The third-order valence-corrected chi connectivity index (χ3v) is 10.0. The van der Waals surface area contributed by atoms with Crippen molar-refractivity contribution in [3.8, 4) is 0 Å². The van der Waals surface area contributed by atoms with Crippen LogP contribution < -0.4 is 10.6 Å². The molecule has 1 aromatic carbocycles. The Labute approximate surface area is 244 Å². The fraction of sp³-hybridized carbons (Fsp3) is 0.516. The molecule has 4 heterocycles. The number of hydrogen-bond acceptors (Lipinski definition) is 6. The van der Waals surface area contributed by atoms with E-state index in [9.17, 15) is 14.0 Å². The molecule has 1 saturated heterocycles. The number of hydrogen-bond donors (Lipinski definition) is 3. The predicted octanol–water partition coefficient (Wildman–Crippen LogP) is 4.57. The van der Waals surface area contributed by atoms with Crippen molar-refractivity contribution < 1.29 is 14.0 Å². The topological polar surface area (TPSA) is 93.4 Å². The van der Waals surface area contributed by atoms with Gasteiger partial charge in [0.2, 0.25) is 11.8 Å². The number of likely N-dealkylation sites (tertiary alicyclic amines) is 1.